The summed E-state index contributed by atoms with van der Waals surface area (Å²) in [5, 5.41) is 2.63. The number of carbonyl (C=O) groups excluding carboxylic acids is 1. The predicted octanol–water partition coefficient (Wildman–Crippen LogP) is 4.77. The molecule has 5 nitrogen and oxygen atoms in total. The lowest BCUT2D eigenvalue weighted by molar-refractivity contribution is -0.113. The third kappa shape index (κ3) is 7.04. The average Bonchev–Trinajstić information content (AvgIpc) is 2.70. The summed E-state index contributed by atoms with van der Waals surface area (Å²) < 4.78 is 30.2. The van der Waals surface area contributed by atoms with Crippen molar-refractivity contribution in [2.75, 3.05) is 16.8 Å². The van der Waals surface area contributed by atoms with Gasteiger partial charge in [0.2, 0.25) is 5.91 Å². The Morgan fingerprint density at radius 2 is 1.63 bits per heavy atom. The number of carbonyl (C=O) groups is 1. The second kappa shape index (κ2) is 10.1. The Bertz CT molecular complexity index is 1080. The molecule has 0 heterocycles. The Morgan fingerprint density at radius 1 is 0.900 bits per heavy atom. The summed E-state index contributed by atoms with van der Waals surface area (Å²) in [6.45, 7) is 1.99. The molecule has 1 amide bonds. The fraction of sp³-hybridized carbons (Fsp3) is 0.208. The molecule has 0 saturated carbocycles. The van der Waals surface area contributed by atoms with E-state index in [2.05, 4.69) is 5.32 Å². The molecule has 156 valence electrons. The van der Waals surface area contributed by atoms with Gasteiger partial charge in [-0.2, -0.15) is 0 Å². The largest absolute Gasteiger partial charge is 0.457 e. The maximum atomic E-state index is 12.2. The lowest BCUT2D eigenvalue weighted by Crippen LogP contribution is -2.24. The van der Waals surface area contributed by atoms with Crippen LogP contribution in [0.1, 0.15) is 17.5 Å². The minimum Gasteiger partial charge on any atom is -0.457 e. The zero-order chi connectivity index (χ0) is 21.4. The summed E-state index contributed by atoms with van der Waals surface area (Å²) in [4.78, 5) is 12.2. The number of amides is 1. The molecule has 0 aliphatic carbocycles. The van der Waals surface area contributed by atoms with E-state index in [4.69, 9.17) is 4.74 Å². The Balaban J connectivity index is 1.47. The SMILES string of the molecule is Cc1cccc(Oc2ccc(NC(=O)CS(=O)(=O)CCCc3ccccc3)cc2)c1. The highest BCUT2D eigenvalue weighted by Gasteiger charge is 2.16. The Hall–Kier alpha value is -3.12. The van der Waals surface area contributed by atoms with Gasteiger partial charge in [0, 0.05) is 5.69 Å². The van der Waals surface area contributed by atoms with Crippen molar-refractivity contribution in [1.82, 2.24) is 0 Å². The first-order chi connectivity index (χ1) is 14.4. The van der Waals surface area contributed by atoms with Crippen LogP contribution in [-0.2, 0) is 21.1 Å². The van der Waals surface area contributed by atoms with Crippen LogP contribution in [0.3, 0.4) is 0 Å². The summed E-state index contributed by atoms with van der Waals surface area (Å²) in [7, 11) is -3.46. The third-order valence-electron chi connectivity index (χ3n) is 4.48. The Kier molecular flexibility index (Phi) is 7.25. The maximum absolute atomic E-state index is 12.2. The standard InChI is InChI=1S/C24H25NO4S/c1-19-7-5-11-23(17-19)29-22-14-12-21(13-15-22)25-24(26)18-30(27,28)16-6-10-20-8-3-2-4-9-20/h2-5,7-9,11-15,17H,6,10,16,18H2,1H3,(H,25,26). The number of anilines is 1. The number of nitrogens with one attached hydrogen (secondary N) is 1. The number of rotatable bonds is 9. The molecule has 0 aromatic heterocycles. The fourth-order valence-corrected chi connectivity index (χ4v) is 4.23. The van der Waals surface area contributed by atoms with Crippen LogP contribution in [0.5, 0.6) is 11.5 Å². The summed E-state index contributed by atoms with van der Waals surface area (Å²) in [6, 6.07) is 24.2. The minimum absolute atomic E-state index is 0.0153. The van der Waals surface area contributed by atoms with E-state index in [9.17, 15) is 13.2 Å². The van der Waals surface area contributed by atoms with E-state index < -0.39 is 21.5 Å². The summed E-state index contributed by atoms with van der Waals surface area (Å²) >= 11 is 0. The van der Waals surface area contributed by atoms with Crippen LogP contribution in [0.4, 0.5) is 5.69 Å². The van der Waals surface area contributed by atoms with Crippen LogP contribution in [0, 0.1) is 6.92 Å². The van der Waals surface area contributed by atoms with Crippen molar-refractivity contribution >= 4 is 21.4 Å². The topological polar surface area (TPSA) is 72.5 Å². The molecule has 3 rings (SSSR count). The molecule has 30 heavy (non-hydrogen) atoms. The first kappa shape index (κ1) is 21.6. The van der Waals surface area contributed by atoms with Gasteiger partial charge < -0.3 is 10.1 Å². The number of sulfone groups is 1. The number of ether oxygens (including phenoxy) is 1. The van der Waals surface area contributed by atoms with E-state index in [0.29, 0.717) is 24.3 Å². The first-order valence-corrected chi connectivity index (χ1v) is 11.6. The average molecular weight is 424 g/mol. The Labute approximate surface area is 177 Å². The highest BCUT2D eigenvalue weighted by atomic mass is 32.2. The van der Waals surface area contributed by atoms with Crippen molar-refractivity contribution in [2.45, 2.75) is 19.8 Å². The van der Waals surface area contributed by atoms with Gasteiger partial charge in [-0.25, -0.2) is 8.42 Å². The van der Waals surface area contributed by atoms with Crippen LogP contribution in [0.15, 0.2) is 78.9 Å². The highest BCUT2D eigenvalue weighted by Crippen LogP contribution is 2.23. The predicted molar refractivity (Wildman–Crippen MR) is 120 cm³/mol. The molecular weight excluding hydrogens is 398 g/mol. The monoisotopic (exact) mass is 423 g/mol. The maximum Gasteiger partial charge on any atom is 0.239 e. The number of hydrogen-bond donors (Lipinski definition) is 1. The number of aryl methyl sites for hydroxylation is 2. The molecule has 0 aliphatic rings. The molecule has 0 aliphatic heterocycles. The van der Waals surface area contributed by atoms with Gasteiger partial charge in [0.1, 0.15) is 17.3 Å². The quantitative estimate of drug-likeness (QED) is 0.538. The van der Waals surface area contributed by atoms with Gasteiger partial charge in [-0.1, -0.05) is 42.5 Å². The van der Waals surface area contributed by atoms with Gasteiger partial charge in [0.25, 0.3) is 0 Å². The molecule has 0 fully saturated rings. The van der Waals surface area contributed by atoms with Crippen molar-refractivity contribution in [3.63, 3.8) is 0 Å². The van der Waals surface area contributed by atoms with Crippen molar-refractivity contribution in [2.24, 2.45) is 0 Å². The van der Waals surface area contributed by atoms with E-state index in [1.54, 1.807) is 24.3 Å². The number of benzene rings is 3. The van der Waals surface area contributed by atoms with Crippen LogP contribution in [-0.4, -0.2) is 25.8 Å². The van der Waals surface area contributed by atoms with E-state index in [1.165, 1.54) is 0 Å². The molecule has 0 spiro atoms. The highest BCUT2D eigenvalue weighted by molar-refractivity contribution is 7.92. The molecular formula is C24H25NO4S. The van der Waals surface area contributed by atoms with Crippen LogP contribution >= 0.6 is 0 Å². The first-order valence-electron chi connectivity index (χ1n) is 9.78. The summed E-state index contributed by atoms with van der Waals surface area (Å²) in [5.74, 6) is 0.282. The van der Waals surface area contributed by atoms with Gasteiger partial charge >= 0.3 is 0 Å². The minimum atomic E-state index is -3.46. The second-order valence-electron chi connectivity index (χ2n) is 7.17. The van der Waals surface area contributed by atoms with Crippen molar-refractivity contribution in [1.29, 1.82) is 0 Å². The van der Waals surface area contributed by atoms with Crippen molar-refractivity contribution in [3.05, 3.63) is 90.0 Å². The molecule has 0 saturated heterocycles. The third-order valence-corrected chi connectivity index (χ3v) is 6.09. The van der Waals surface area contributed by atoms with Crippen molar-refractivity contribution in [3.8, 4) is 11.5 Å². The Morgan fingerprint density at radius 3 is 2.33 bits per heavy atom. The zero-order valence-electron chi connectivity index (χ0n) is 16.9. The molecule has 3 aromatic rings. The van der Waals surface area contributed by atoms with E-state index in [-0.39, 0.29) is 5.75 Å². The zero-order valence-corrected chi connectivity index (χ0v) is 17.7. The van der Waals surface area contributed by atoms with Crippen LogP contribution in [0.25, 0.3) is 0 Å². The van der Waals surface area contributed by atoms with Gasteiger partial charge in [-0.3, -0.25) is 4.79 Å². The molecule has 0 unspecified atom stereocenters. The van der Waals surface area contributed by atoms with Gasteiger partial charge in [-0.15, -0.1) is 0 Å². The molecule has 0 bridgehead atoms. The van der Waals surface area contributed by atoms with E-state index >= 15 is 0 Å². The summed E-state index contributed by atoms with van der Waals surface area (Å²) in [6.07, 6.45) is 1.16. The van der Waals surface area contributed by atoms with Gasteiger partial charge in [0.05, 0.1) is 5.75 Å². The molecule has 1 N–H and O–H groups in total. The summed E-state index contributed by atoms with van der Waals surface area (Å²) in [5.41, 5.74) is 2.71. The second-order valence-corrected chi connectivity index (χ2v) is 9.36. The van der Waals surface area contributed by atoms with Crippen LogP contribution < -0.4 is 10.1 Å². The lowest BCUT2D eigenvalue weighted by Gasteiger charge is -2.09. The smallest absolute Gasteiger partial charge is 0.239 e. The lowest BCUT2D eigenvalue weighted by atomic mass is 10.1. The normalized spacial score (nSPS) is 11.1. The molecule has 0 radical (unpaired) electrons. The molecule has 3 aromatic carbocycles. The fourth-order valence-electron chi connectivity index (χ4n) is 3.03. The number of hydrogen-bond acceptors (Lipinski definition) is 4. The van der Waals surface area contributed by atoms with Gasteiger partial charge in [-0.05, 0) is 67.3 Å². The molecule has 6 heteroatoms. The van der Waals surface area contributed by atoms with E-state index in [0.717, 1.165) is 16.9 Å². The van der Waals surface area contributed by atoms with Gasteiger partial charge in [0.15, 0.2) is 9.84 Å². The molecule has 0 atom stereocenters. The van der Waals surface area contributed by atoms with Crippen molar-refractivity contribution < 1.29 is 17.9 Å². The van der Waals surface area contributed by atoms with E-state index in [1.807, 2.05) is 61.5 Å². The van der Waals surface area contributed by atoms with Crippen LogP contribution in [0.2, 0.25) is 0 Å².